The minimum Gasteiger partial charge on any atom is -0.480 e. The summed E-state index contributed by atoms with van der Waals surface area (Å²) in [5.74, 6) is -2.77. The molecule has 0 radical (unpaired) electrons. The number of benzene rings is 2. The highest BCUT2D eigenvalue weighted by Crippen LogP contribution is 2.23. The molecule has 0 fully saturated rings. The number of halogens is 1. The van der Waals surface area contributed by atoms with Gasteiger partial charge in [-0.15, -0.1) is 5.10 Å². The fourth-order valence-electron chi connectivity index (χ4n) is 2.26. The van der Waals surface area contributed by atoms with E-state index >= 15 is 0 Å². The fraction of sp³-hybridized carbons (Fsp3) is 0.158. The van der Waals surface area contributed by atoms with Gasteiger partial charge in [-0.3, -0.25) is 13.8 Å². The number of anilines is 3. The van der Waals surface area contributed by atoms with Crippen LogP contribution in [0.3, 0.4) is 0 Å². The van der Waals surface area contributed by atoms with Crippen molar-refractivity contribution in [2.24, 2.45) is 0 Å². The molecule has 0 bridgehead atoms. The first-order chi connectivity index (χ1) is 14.2. The lowest BCUT2D eigenvalue weighted by molar-refractivity contribution is -0.139. The van der Waals surface area contributed by atoms with Crippen molar-refractivity contribution >= 4 is 40.1 Å². The second-order valence-electron chi connectivity index (χ2n) is 6.58. The second-order valence-corrected chi connectivity index (χ2v) is 8.61. The Morgan fingerprint density at radius 2 is 1.77 bits per heavy atom. The van der Waals surface area contributed by atoms with Gasteiger partial charge in [0.05, 0.1) is 16.5 Å². The molecular formula is C19H17FN4O5S. The van der Waals surface area contributed by atoms with Crippen molar-refractivity contribution in [3.63, 3.8) is 0 Å². The molecule has 1 amide bonds. The van der Waals surface area contributed by atoms with Crippen molar-refractivity contribution in [1.29, 1.82) is 0 Å². The molecule has 0 saturated carbocycles. The summed E-state index contributed by atoms with van der Waals surface area (Å²) in [5.41, 5.74) is 0.455. The molecule has 3 aromatic rings. The predicted octanol–water partition coefficient (Wildman–Crippen LogP) is 3.18. The lowest BCUT2D eigenvalue weighted by atomic mass is 10.2. The van der Waals surface area contributed by atoms with Gasteiger partial charge in [0, 0.05) is 10.6 Å². The molecule has 30 heavy (non-hydrogen) atoms. The van der Waals surface area contributed by atoms with E-state index in [1.807, 2.05) is 0 Å². The number of aromatic nitrogens is 2. The van der Waals surface area contributed by atoms with Gasteiger partial charge in [-0.05, 0) is 50.2 Å². The van der Waals surface area contributed by atoms with Crippen LogP contribution in [0.5, 0.6) is 0 Å². The molecule has 0 aliphatic rings. The Morgan fingerprint density at radius 3 is 2.40 bits per heavy atom. The van der Waals surface area contributed by atoms with E-state index in [0.717, 1.165) is 0 Å². The summed E-state index contributed by atoms with van der Waals surface area (Å²) in [4.78, 5) is 23.8. The van der Waals surface area contributed by atoms with E-state index in [1.54, 1.807) is 6.07 Å². The summed E-state index contributed by atoms with van der Waals surface area (Å²) >= 11 is 0. The van der Waals surface area contributed by atoms with Crippen LogP contribution in [0.1, 0.15) is 24.5 Å². The van der Waals surface area contributed by atoms with Crippen LogP contribution < -0.4 is 10.6 Å². The monoisotopic (exact) mass is 432 g/mol. The van der Waals surface area contributed by atoms with Gasteiger partial charge in [0.1, 0.15) is 10.6 Å². The average molecular weight is 432 g/mol. The second kappa shape index (κ2) is 8.41. The normalized spacial score (nSPS) is 12.2. The van der Waals surface area contributed by atoms with Crippen LogP contribution in [0.4, 0.5) is 21.8 Å². The van der Waals surface area contributed by atoms with Crippen molar-refractivity contribution in [2.45, 2.75) is 23.5 Å². The van der Waals surface area contributed by atoms with Crippen LogP contribution in [-0.4, -0.2) is 36.1 Å². The zero-order chi connectivity index (χ0) is 21.9. The highest BCUT2D eigenvalue weighted by atomic mass is 32.2. The molecule has 0 saturated heterocycles. The maximum Gasteiger partial charge on any atom is 0.322 e. The number of amides is 1. The third-order valence-corrected chi connectivity index (χ3v) is 5.84. The number of nitrogens with one attached hydrogen (secondary N) is 2. The molecule has 0 spiro atoms. The molecule has 2 aromatic carbocycles. The third kappa shape index (κ3) is 4.51. The van der Waals surface area contributed by atoms with Crippen LogP contribution in [0, 0.1) is 5.82 Å². The van der Waals surface area contributed by atoms with Crippen molar-refractivity contribution in [3.8, 4) is 0 Å². The number of carboxylic acid groups (broad SMARTS) is 1. The first kappa shape index (κ1) is 21.1. The zero-order valence-corrected chi connectivity index (χ0v) is 16.7. The van der Waals surface area contributed by atoms with Gasteiger partial charge in [-0.25, -0.2) is 4.39 Å². The van der Waals surface area contributed by atoms with Gasteiger partial charge < -0.3 is 20.2 Å². The van der Waals surface area contributed by atoms with Gasteiger partial charge >= 0.3 is 23.8 Å². The van der Waals surface area contributed by atoms with E-state index in [9.17, 15) is 23.3 Å². The molecule has 1 aromatic heterocycles. The number of aliphatic carboxylic acids is 1. The predicted molar refractivity (Wildman–Crippen MR) is 106 cm³/mol. The summed E-state index contributed by atoms with van der Waals surface area (Å²) in [7, 11) is -1.79. The molecule has 1 atom stereocenters. The van der Waals surface area contributed by atoms with Crippen molar-refractivity contribution < 1.29 is 27.7 Å². The maximum atomic E-state index is 13.6. The summed E-state index contributed by atoms with van der Waals surface area (Å²) in [6, 6.07) is 11.5. The summed E-state index contributed by atoms with van der Waals surface area (Å²) in [5, 5.41) is 21.5. The quantitative estimate of drug-likeness (QED) is 0.518. The summed E-state index contributed by atoms with van der Waals surface area (Å²) in [6.45, 7) is 2.73. The van der Waals surface area contributed by atoms with E-state index in [4.69, 9.17) is 4.42 Å². The molecule has 11 heteroatoms. The number of carbonyl (C=O) groups is 2. The first-order valence-corrected chi connectivity index (χ1v) is 9.75. The summed E-state index contributed by atoms with van der Waals surface area (Å²) < 4.78 is 29.8. The zero-order valence-electron chi connectivity index (χ0n) is 15.9. The van der Waals surface area contributed by atoms with E-state index < -0.39 is 33.2 Å². The average Bonchev–Trinajstić information content (AvgIpc) is 3.18. The van der Waals surface area contributed by atoms with Crippen molar-refractivity contribution in [3.05, 3.63) is 60.2 Å². The molecule has 3 N–H and O–H groups in total. The van der Waals surface area contributed by atoms with Crippen LogP contribution in [0.15, 0.2) is 57.8 Å². The van der Waals surface area contributed by atoms with Gasteiger partial charge in [-0.1, -0.05) is 17.2 Å². The standard InChI is InChI=1S/C19H17FN4O5S/c1-19(2,17(26)27)30(28)12-9-7-11(8-10-12)21-15(25)16-23-24-18(29-16)22-14-6-4-3-5-13(14)20/h3-10H,1-2H3,(H,21,25)(H,22,24)(H,26,27). The van der Waals surface area contributed by atoms with Crippen LogP contribution in [0.25, 0.3) is 0 Å². The Kier molecular flexibility index (Phi) is 5.92. The number of nitrogens with zero attached hydrogens (tertiary/aromatic N) is 2. The lowest BCUT2D eigenvalue weighted by Gasteiger charge is -2.18. The van der Waals surface area contributed by atoms with Crippen molar-refractivity contribution in [2.75, 3.05) is 10.6 Å². The highest BCUT2D eigenvalue weighted by molar-refractivity contribution is 7.87. The molecule has 1 heterocycles. The maximum absolute atomic E-state index is 13.6. The van der Waals surface area contributed by atoms with Crippen LogP contribution >= 0.6 is 0 Å². The Labute approximate surface area is 172 Å². The minimum atomic E-state index is -1.79. The molecule has 156 valence electrons. The van der Waals surface area contributed by atoms with Gasteiger partial charge in [0.15, 0.2) is 0 Å². The van der Waals surface area contributed by atoms with E-state index in [2.05, 4.69) is 20.8 Å². The van der Waals surface area contributed by atoms with Gasteiger partial charge in [-0.2, -0.15) is 0 Å². The largest absolute Gasteiger partial charge is 0.480 e. The smallest absolute Gasteiger partial charge is 0.322 e. The Morgan fingerprint density at radius 1 is 1.10 bits per heavy atom. The lowest BCUT2D eigenvalue weighted by Crippen LogP contribution is -2.36. The van der Waals surface area contributed by atoms with Gasteiger partial charge in [0.2, 0.25) is 0 Å². The first-order valence-electron chi connectivity index (χ1n) is 8.60. The SMILES string of the molecule is CC(C)(C(=O)O)S(=O)c1ccc(NC(=O)c2nnc(Nc3ccccc3F)o2)cc1. The minimum absolute atomic E-state index is 0.112. The highest BCUT2D eigenvalue weighted by Gasteiger charge is 2.35. The number of rotatable bonds is 7. The van der Waals surface area contributed by atoms with Crippen LogP contribution in [0.2, 0.25) is 0 Å². The number of hydrogen-bond acceptors (Lipinski definition) is 7. The summed E-state index contributed by atoms with van der Waals surface area (Å²) in [6.07, 6.45) is 0. The molecule has 0 aliphatic heterocycles. The number of para-hydroxylation sites is 1. The number of carboxylic acids is 1. The molecule has 0 aliphatic carbocycles. The fourth-order valence-corrected chi connectivity index (χ4v) is 3.39. The molecular weight excluding hydrogens is 415 g/mol. The molecule has 3 rings (SSSR count). The van der Waals surface area contributed by atoms with E-state index in [0.29, 0.717) is 10.6 Å². The number of carbonyl (C=O) groups excluding carboxylic acids is 1. The topological polar surface area (TPSA) is 134 Å². The number of hydrogen-bond donors (Lipinski definition) is 3. The molecule has 1 unspecified atom stereocenters. The van der Waals surface area contributed by atoms with Crippen LogP contribution in [-0.2, 0) is 15.6 Å². The van der Waals surface area contributed by atoms with E-state index in [-0.39, 0.29) is 17.6 Å². The van der Waals surface area contributed by atoms with Crippen molar-refractivity contribution in [1.82, 2.24) is 10.2 Å². The van der Waals surface area contributed by atoms with E-state index in [1.165, 1.54) is 56.3 Å². The Hall–Kier alpha value is -3.60. The Bertz CT molecular complexity index is 1110. The molecule has 9 nitrogen and oxygen atoms in total. The van der Waals surface area contributed by atoms with Gasteiger partial charge in [0.25, 0.3) is 0 Å². The third-order valence-electron chi connectivity index (χ3n) is 4.04. The Balaban J connectivity index is 1.67.